The average molecular weight is 487 g/mol. The monoisotopic (exact) mass is 487 g/mol. The van der Waals surface area contributed by atoms with Crippen LogP contribution in [-0.2, 0) is 0 Å². The molecule has 0 saturated carbocycles. The third-order valence-electron chi connectivity index (χ3n) is 4.15. The van der Waals surface area contributed by atoms with Gasteiger partial charge in [0.25, 0.3) is 5.69 Å². The lowest BCUT2D eigenvalue weighted by molar-refractivity contribution is -0.383. The first-order valence-corrected chi connectivity index (χ1v) is 9.33. The van der Waals surface area contributed by atoms with E-state index in [1.165, 1.54) is 6.07 Å². The van der Waals surface area contributed by atoms with Crippen LogP contribution in [0.4, 0.5) is 23.0 Å². The Hall–Kier alpha value is -3.28. The van der Waals surface area contributed by atoms with E-state index in [2.05, 4.69) is 48.3 Å². The van der Waals surface area contributed by atoms with Gasteiger partial charge < -0.3 is 10.6 Å². The van der Waals surface area contributed by atoms with Gasteiger partial charge in [-0.15, -0.1) is 0 Å². The number of rotatable bonds is 5. The number of nitrogens with zero attached hydrogens (tertiary/aromatic N) is 5. The predicted octanol–water partition coefficient (Wildman–Crippen LogP) is 4.09. The Morgan fingerprint density at radius 2 is 2.07 bits per heavy atom. The molecule has 3 aromatic heterocycles. The lowest BCUT2D eigenvalue weighted by Crippen LogP contribution is -2.02. The van der Waals surface area contributed by atoms with Gasteiger partial charge in [-0.25, -0.2) is 14.5 Å². The molecule has 140 valence electrons. The smallest absolute Gasteiger partial charge is 0.294 e. The molecule has 0 amide bonds. The Balaban J connectivity index is 1.72. The molecule has 0 aliphatic carbocycles. The summed E-state index contributed by atoms with van der Waals surface area (Å²) in [5, 5.41) is 21.5. The van der Waals surface area contributed by atoms with Crippen LogP contribution in [0.1, 0.15) is 0 Å². The van der Waals surface area contributed by atoms with Gasteiger partial charge in [-0.2, -0.15) is 5.10 Å². The molecule has 2 N–H and O–H groups in total. The number of nitro benzene ring substituents is 1. The van der Waals surface area contributed by atoms with Crippen LogP contribution in [-0.4, -0.2) is 31.6 Å². The number of aromatic nitrogens is 4. The van der Waals surface area contributed by atoms with Crippen LogP contribution in [0, 0.1) is 13.7 Å². The van der Waals surface area contributed by atoms with Gasteiger partial charge in [-0.05, 0) is 46.9 Å². The molecule has 0 saturated heterocycles. The lowest BCUT2D eigenvalue weighted by Gasteiger charge is -2.09. The number of anilines is 3. The van der Waals surface area contributed by atoms with Crippen LogP contribution in [0.5, 0.6) is 0 Å². The first-order chi connectivity index (χ1) is 13.6. The van der Waals surface area contributed by atoms with E-state index in [9.17, 15) is 10.1 Å². The molecule has 0 radical (unpaired) electrons. The predicted molar refractivity (Wildman–Crippen MR) is 115 cm³/mol. The number of halogens is 1. The highest BCUT2D eigenvalue weighted by Crippen LogP contribution is 2.30. The number of fused-ring (bicyclic) bond motifs is 1. The molecule has 1 aromatic carbocycles. The van der Waals surface area contributed by atoms with Crippen molar-refractivity contribution in [3.8, 4) is 11.3 Å². The summed E-state index contributed by atoms with van der Waals surface area (Å²) in [4.78, 5) is 19.7. The zero-order valence-electron chi connectivity index (χ0n) is 14.6. The second-order valence-corrected chi connectivity index (χ2v) is 7.01. The summed E-state index contributed by atoms with van der Waals surface area (Å²) in [7, 11) is 1.64. The normalized spacial score (nSPS) is 10.8. The molecular weight excluding hydrogens is 473 g/mol. The largest absolute Gasteiger partial charge is 0.383 e. The van der Waals surface area contributed by atoms with E-state index >= 15 is 0 Å². The Morgan fingerprint density at radius 3 is 2.86 bits per heavy atom. The molecule has 0 aliphatic rings. The van der Waals surface area contributed by atoms with Crippen LogP contribution in [0.3, 0.4) is 0 Å². The topological polar surface area (TPSA) is 110 Å². The molecule has 4 rings (SSSR count). The summed E-state index contributed by atoms with van der Waals surface area (Å²) < 4.78 is 2.65. The van der Waals surface area contributed by atoms with Crippen molar-refractivity contribution in [2.24, 2.45) is 0 Å². The van der Waals surface area contributed by atoms with Gasteiger partial charge in [0.2, 0.25) is 5.95 Å². The molecule has 0 bridgehead atoms. The van der Waals surface area contributed by atoms with Crippen LogP contribution in [0.2, 0.25) is 0 Å². The molecule has 0 aliphatic heterocycles. The fourth-order valence-electron chi connectivity index (χ4n) is 2.83. The zero-order valence-corrected chi connectivity index (χ0v) is 16.8. The van der Waals surface area contributed by atoms with Gasteiger partial charge in [0, 0.05) is 36.8 Å². The zero-order chi connectivity index (χ0) is 19.7. The third-order valence-corrected chi connectivity index (χ3v) is 4.94. The maximum Gasteiger partial charge on any atom is 0.294 e. The molecule has 0 fully saturated rings. The van der Waals surface area contributed by atoms with Gasteiger partial charge in [0.1, 0.15) is 5.69 Å². The Bertz CT molecular complexity index is 1190. The van der Waals surface area contributed by atoms with Crippen LogP contribution < -0.4 is 10.6 Å². The molecule has 0 atom stereocenters. The maximum absolute atomic E-state index is 11.3. The van der Waals surface area contributed by atoms with Crippen molar-refractivity contribution in [1.82, 2.24) is 19.6 Å². The van der Waals surface area contributed by atoms with Crippen molar-refractivity contribution in [3.05, 3.63) is 68.7 Å². The summed E-state index contributed by atoms with van der Waals surface area (Å²) >= 11 is 2.18. The van der Waals surface area contributed by atoms with E-state index in [4.69, 9.17) is 0 Å². The summed E-state index contributed by atoms with van der Waals surface area (Å²) in [6, 6.07) is 10.6. The van der Waals surface area contributed by atoms with Crippen molar-refractivity contribution in [1.29, 1.82) is 0 Å². The summed E-state index contributed by atoms with van der Waals surface area (Å²) in [6.07, 6.45) is 5.33. The first-order valence-electron chi connectivity index (χ1n) is 8.25. The van der Waals surface area contributed by atoms with Crippen LogP contribution in [0.25, 0.3) is 16.8 Å². The van der Waals surface area contributed by atoms with Crippen molar-refractivity contribution in [2.75, 3.05) is 17.7 Å². The minimum absolute atomic E-state index is 0.0270. The average Bonchev–Trinajstić information content (AvgIpc) is 3.13. The van der Waals surface area contributed by atoms with E-state index < -0.39 is 4.92 Å². The number of nitro groups is 1. The minimum atomic E-state index is -0.434. The molecule has 0 spiro atoms. The van der Waals surface area contributed by atoms with Crippen molar-refractivity contribution in [2.45, 2.75) is 0 Å². The van der Waals surface area contributed by atoms with Crippen LogP contribution >= 0.6 is 22.6 Å². The first kappa shape index (κ1) is 18.1. The van der Waals surface area contributed by atoms with E-state index in [1.54, 1.807) is 36.1 Å². The fourth-order valence-corrected chi connectivity index (χ4v) is 3.38. The highest BCUT2D eigenvalue weighted by atomic mass is 127. The van der Waals surface area contributed by atoms with E-state index in [1.807, 2.05) is 24.4 Å². The number of hydrogen-bond acceptors (Lipinski definition) is 7. The van der Waals surface area contributed by atoms with Crippen LogP contribution in [0.15, 0.2) is 55.0 Å². The number of benzene rings is 1. The quantitative estimate of drug-likeness (QED) is 0.248. The lowest BCUT2D eigenvalue weighted by atomic mass is 10.2. The maximum atomic E-state index is 11.3. The fraction of sp³-hybridized carbons (Fsp3) is 0.0556. The molecule has 10 heteroatoms. The third kappa shape index (κ3) is 3.33. The second kappa shape index (κ2) is 7.38. The SMILES string of the molecule is CNc1ccc(Nc2ncc(I)c(-c3cnn4ccccc34)n2)cc1[N+](=O)[O-]. The highest BCUT2D eigenvalue weighted by molar-refractivity contribution is 14.1. The summed E-state index contributed by atoms with van der Waals surface area (Å²) in [5.41, 5.74) is 3.48. The molecule has 0 unspecified atom stereocenters. The number of pyridine rings is 1. The van der Waals surface area contributed by atoms with Gasteiger partial charge in [0.05, 0.1) is 25.9 Å². The summed E-state index contributed by atoms with van der Waals surface area (Å²) in [6.45, 7) is 0. The summed E-state index contributed by atoms with van der Waals surface area (Å²) in [5.74, 6) is 0.345. The highest BCUT2D eigenvalue weighted by Gasteiger charge is 2.16. The molecule has 4 aromatic rings. The standard InChI is InChI=1S/C18H14IN7O2/c1-20-14-6-5-11(8-16(14)26(27)28)23-18-21-10-13(19)17(24-18)12-9-22-25-7-3-2-4-15(12)25/h2-10,20H,1H3,(H,21,23,24). The number of nitrogens with one attached hydrogen (secondary N) is 2. The van der Waals surface area contributed by atoms with Gasteiger partial charge in [-0.3, -0.25) is 10.1 Å². The minimum Gasteiger partial charge on any atom is -0.383 e. The Labute approximate surface area is 173 Å². The molecule has 28 heavy (non-hydrogen) atoms. The van der Waals surface area contributed by atoms with Crippen molar-refractivity contribution in [3.63, 3.8) is 0 Å². The van der Waals surface area contributed by atoms with E-state index in [0.717, 1.165) is 20.3 Å². The number of hydrogen-bond donors (Lipinski definition) is 2. The van der Waals surface area contributed by atoms with Crippen molar-refractivity contribution >= 4 is 51.1 Å². The van der Waals surface area contributed by atoms with Gasteiger partial charge in [-0.1, -0.05) is 6.07 Å². The molecule has 3 heterocycles. The van der Waals surface area contributed by atoms with E-state index in [0.29, 0.717) is 17.3 Å². The Kier molecular flexibility index (Phi) is 4.77. The Morgan fingerprint density at radius 1 is 1.21 bits per heavy atom. The second-order valence-electron chi connectivity index (χ2n) is 5.84. The van der Waals surface area contributed by atoms with Crippen molar-refractivity contribution < 1.29 is 4.92 Å². The van der Waals surface area contributed by atoms with Gasteiger partial charge >= 0.3 is 0 Å². The van der Waals surface area contributed by atoms with E-state index in [-0.39, 0.29) is 5.69 Å². The van der Waals surface area contributed by atoms with Gasteiger partial charge in [0.15, 0.2) is 0 Å². The molecular formula is C18H14IN7O2. The molecule has 9 nitrogen and oxygen atoms in total.